The fourth-order valence-corrected chi connectivity index (χ4v) is 3.28. The van der Waals surface area contributed by atoms with E-state index in [2.05, 4.69) is 42.6 Å². The largest absolute Gasteiger partial charge is 0.469 e. The smallest absolute Gasteiger partial charge is 0.394 e. The van der Waals surface area contributed by atoms with E-state index in [1.165, 1.54) is 37.7 Å². The van der Waals surface area contributed by atoms with Gasteiger partial charge in [-0.1, -0.05) is 63.8 Å². The summed E-state index contributed by atoms with van der Waals surface area (Å²) in [5.41, 5.74) is 7.21. The molecule has 0 aromatic heterocycles. The van der Waals surface area contributed by atoms with Crippen LogP contribution in [-0.2, 0) is 15.5 Å². The van der Waals surface area contributed by atoms with Gasteiger partial charge in [0.2, 0.25) is 0 Å². The first-order valence-electron chi connectivity index (χ1n) is 9.38. The lowest BCUT2D eigenvalue weighted by Gasteiger charge is -2.27. The van der Waals surface area contributed by atoms with Crippen molar-refractivity contribution in [2.24, 2.45) is 5.73 Å². The quantitative estimate of drug-likeness (QED) is 0.304. The summed E-state index contributed by atoms with van der Waals surface area (Å²) < 4.78 is 15.3. The Kier molecular flexibility index (Phi) is 10.0. The first kappa shape index (κ1) is 23.3. The van der Waals surface area contributed by atoms with Crippen LogP contribution < -0.4 is 5.73 Å². The Balaban J connectivity index is 2.51. The van der Waals surface area contributed by atoms with Crippen LogP contribution in [0, 0.1) is 0 Å². The zero-order valence-electron chi connectivity index (χ0n) is 15.9. The number of nitrogens with two attached hydrogens (primary N) is 1. The minimum atomic E-state index is -4.59. The number of aryl methyl sites for hydroxylation is 1. The maximum absolute atomic E-state index is 10.8. The van der Waals surface area contributed by atoms with Crippen molar-refractivity contribution >= 4 is 7.82 Å². The van der Waals surface area contributed by atoms with Gasteiger partial charge in [-0.3, -0.25) is 4.52 Å². The topological polar surface area (TPSA) is 113 Å². The van der Waals surface area contributed by atoms with Crippen LogP contribution in [0.2, 0.25) is 0 Å². The van der Waals surface area contributed by atoms with Gasteiger partial charge in [-0.2, -0.15) is 0 Å². The van der Waals surface area contributed by atoms with Crippen LogP contribution in [-0.4, -0.2) is 33.6 Å². The Labute approximate surface area is 157 Å². The molecule has 2 unspecified atom stereocenters. The Morgan fingerprint density at radius 1 is 1.19 bits per heavy atom. The van der Waals surface area contributed by atoms with E-state index in [4.69, 9.17) is 15.5 Å². The second kappa shape index (κ2) is 11.2. The first-order valence-corrected chi connectivity index (χ1v) is 10.9. The number of unbranched alkanes of at least 4 members (excludes halogenated alkanes) is 3. The molecule has 1 rings (SSSR count). The average Bonchev–Trinajstić information content (AvgIpc) is 2.61. The number of phosphoric acid groups is 1. The number of aliphatic hydroxyl groups excluding tert-OH is 1. The highest BCUT2D eigenvalue weighted by Crippen LogP contribution is 2.36. The molecule has 0 bridgehead atoms. The Bertz CT molecular complexity index is 560. The number of hydrogen-bond acceptors (Lipinski definition) is 4. The van der Waals surface area contributed by atoms with Crippen molar-refractivity contribution < 1.29 is 24.0 Å². The van der Waals surface area contributed by atoms with Crippen molar-refractivity contribution in [2.45, 2.75) is 70.3 Å². The maximum atomic E-state index is 10.8. The van der Waals surface area contributed by atoms with Crippen molar-refractivity contribution in [3.8, 4) is 0 Å². The second-order valence-electron chi connectivity index (χ2n) is 7.28. The molecule has 6 nitrogen and oxygen atoms in total. The van der Waals surface area contributed by atoms with E-state index in [1.807, 2.05) is 0 Å². The van der Waals surface area contributed by atoms with Crippen molar-refractivity contribution in [3.05, 3.63) is 35.4 Å². The van der Waals surface area contributed by atoms with Gasteiger partial charge in [-0.15, -0.1) is 0 Å². The molecule has 26 heavy (non-hydrogen) atoms. The van der Waals surface area contributed by atoms with Crippen molar-refractivity contribution in [1.29, 1.82) is 0 Å². The van der Waals surface area contributed by atoms with Crippen LogP contribution in [0.1, 0.15) is 69.4 Å². The summed E-state index contributed by atoms with van der Waals surface area (Å²) in [5, 5.41) is 9.44. The fraction of sp³-hybridized carbons (Fsp3) is 0.684. The molecule has 0 aliphatic carbocycles. The summed E-state index contributed by atoms with van der Waals surface area (Å²) in [6.45, 7) is 3.67. The molecule has 150 valence electrons. The maximum Gasteiger partial charge on any atom is 0.469 e. The van der Waals surface area contributed by atoms with Gasteiger partial charge in [-0.25, -0.2) is 4.57 Å². The molecule has 7 heteroatoms. The summed E-state index contributed by atoms with van der Waals surface area (Å²) in [4.78, 5) is 17.6. The molecule has 0 amide bonds. The summed E-state index contributed by atoms with van der Waals surface area (Å²) in [7, 11) is -4.59. The third-order valence-corrected chi connectivity index (χ3v) is 5.25. The molecule has 1 aromatic rings. The lowest BCUT2D eigenvalue weighted by molar-refractivity contribution is 0.102. The first-order chi connectivity index (χ1) is 12.2. The highest BCUT2D eigenvalue weighted by Gasteiger charge is 2.28. The minimum absolute atomic E-state index is 0.370. The molecular formula is C19H34NO5P. The highest BCUT2D eigenvalue weighted by atomic mass is 31.2. The van der Waals surface area contributed by atoms with Crippen LogP contribution in [0.15, 0.2) is 24.3 Å². The Morgan fingerprint density at radius 3 is 2.38 bits per heavy atom. The summed E-state index contributed by atoms with van der Waals surface area (Å²) >= 11 is 0. The molecule has 0 fully saturated rings. The minimum Gasteiger partial charge on any atom is -0.394 e. The van der Waals surface area contributed by atoms with E-state index >= 15 is 0 Å². The average molecular weight is 387 g/mol. The third-order valence-electron chi connectivity index (χ3n) is 4.79. The van der Waals surface area contributed by atoms with E-state index < -0.39 is 20.0 Å². The lowest BCUT2D eigenvalue weighted by atomic mass is 9.91. The molecular weight excluding hydrogens is 353 g/mol. The zero-order chi connectivity index (χ0) is 19.6. The fourth-order valence-electron chi connectivity index (χ4n) is 2.86. The Morgan fingerprint density at radius 2 is 1.85 bits per heavy atom. The lowest BCUT2D eigenvalue weighted by Crippen LogP contribution is -2.48. The number of rotatable bonds is 13. The molecule has 5 N–H and O–H groups in total. The van der Waals surface area contributed by atoms with Crippen LogP contribution >= 0.6 is 7.82 Å². The van der Waals surface area contributed by atoms with Crippen molar-refractivity contribution in [1.82, 2.24) is 0 Å². The van der Waals surface area contributed by atoms with E-state index in [9.17, 15) is 9.67 Å². The van der Waals surface area contributed by atoms with Gasteiger partial charge in [0.1, 0.15) is 0 Å². The van der Waals surface area contributed by atoms with Gasteiger partial charge >= 0.3 is 7.82 Å². The summed E-state index contributed by atoms with van der Waals surface area (Å²) in [5.74, 6) is 0.531. The van der Waals surface area contributed by atoms with E-state index in [0.717, 1.165) is 5.56 Å². The van der Waals surface area contributed by atoms with Gasteiger partial charge in [0.15, 0.2) is 0 Å². The van der Waals surface area contributed by atoms with E-state index in [-0.39, 0.29) is 6.61 Å². The molecule has 0 aliphatic rings. The van der Waals surface area contributed by atoms with Gasteiger partial charge in [-0.05, 0) is 36.3 Å². The molecule has 1 aromatic carbocycles. The number of aliphatic hydroxyl groups is 1. The van der Waals surface area contributed by atoms with E-state index in [1.54, 1.807) is 0 Å². The van der Waals surface area contributed by atoms with Crippen LogP contribution in [0.3, 0.4) is 0 Å². The van der Waals surface area contributed by atoms with Crippen molar-refractivity contribution in [2.75, 3.05) is 13.2 Å². The standard InChI is InChI=1S/C19H34NO5P/c1-3-4-5-6-7-16(2)18-10-8-17(9-11-18)12-13-19(20,14-21)15-25-26(22,23)24/h8-11,16,21H,3-7,12-15,20H2,1-2H3,(H2,22,23,24). The van der Waals surface area contributed by atoms with Gasteiger partial charge in [0.05, 0.1) is 18.8 Å². The normalized spacial score (nSPS) is 15.6. The number of phosphoric ester groups is 1. The Hall–Kier alpha value is -0.750. The third kappa shape index (κ3) is 9.26. The molecule has 0 radical (unpaired) electrons. The van der Waals surface area contributed by atoms with Crippen molar-refractivity contribution in [3.63, 3.8) is 0 Å². The SMILES string of the molecule is CCCCCCC(C)c1ccc(CCC(N)(CO)COP(=O)(O)O)cc1. The summed E-state index contributed by atoms with van der Waals surface area (Å²) in [6, 6.07) is 8.37. The predicted molar refractivity (Wildman–Crippen MR) is 104 cm³/mol. The number of benzene rings is 1. The molecule has 2 atom stereocenters. The predicted octanol–water partition coefficient (Wildman–Crippen LogP) is 3.49. The molecule has 0 saturated heterocycles. The zero-order valence-corrected chi connectivity index (χ0v) is 16.8. The van der Waals surface area contributed by atoms with Crippen LogP contribution in [0.4, 0.5) is 0 Å². The summed E-state index contributed by atoms with van der Waals surface area (Å²) in [6.07, 6.45) is 7.25. The number of hydrogen-bond donors (Lipinski definition) is 4. The highest BCUT2D eigenvalue weighted by molar-refractivity contribution is 7.46. The van der Waals surface area contributed by atoms with Gasteiger partial charge in [0.25, 0.3) is 0 Å². The molecule has 0 aliphatic heterocycles. The molecule has 0 saturated carbocycles. The molecule has 0 spiro atoms. The van der Waals surface area contributed by atoms with Crippen LogP contribution in [0.25, 0.3) is 0 Å². The van der Waals surface area contributed by atoms with Crippen LogP contribution in [0.5, 0.6) is 0 Å². The second-order valence-corrected chi connectivity index (χ2v) is 8.52. The monoisotopic (exact) mass is 387 g/mol. The van der Waals surface area contributed by atoms with Gasteiger partial charge < -0.3 is 20.6 Å². The van der Waals surface area contributed by atoms with Gasteiger partial charge in [0, 0.05) is 0 Å². The van der Waals surface area contributed by atoms with E-state index in [0.29, 0.717) is 18.8 Å². The molecule has 0 heterocycles.